The zero-order valence-electron chi connectivity index (χ0n) is 29.1. The summed E-state index contributed by atoms with van der Waals surface area (Å²) in [7, 11) is 0. The molecule has 2 unspecified atom stereocenters. The van der Waals surface area contributed by atoms with Crippen molar-refractivity contribution in [2.24, 2.45) is 28.6 Å². The highest BCUT2D eigenvalue weighted by Crippen LogP contribution is 2.72. The number of carbonyl (C=O) groups is 1. The largest absolute Gasteiger partial charge is 0.458 e. The third kappa shape index (κ3) is 4.73. The first-order valence-corrected chi connectivity index (χ1v) is 18.1. The molecule has 270 valence electrons. The van der Waals surface area contributed by atoms with Gasteiger partial charge in [-0.15, -0.1) is 0 Å². The van der Waals surface area contributed by atoms with Gasteiger partial charge < -0.3 is 53.6 Å². The molecule has 0 radical (unpaired) electrons. The van der Waals surface area contributed by atoms with Crippen molar-refractivity contribution in [1.82, 2.24) is 0 Å². The molecule has 0 aromatic rings. The third-order valence-corrected chi connectivity index (χ3v) is 14.1. The van der Waals surface area contributed by atoms with Crippen LogP contribution in [0.2, 0.25) is 0 Å². The van der Waals surface area contributed by atoms with Crippen LogP contribution in [0, 0.1) is 28.6 Å². The number of ether oxygens (including phenoxy) is 7. The van der Waals surface area contributed by atoms with Crippen LogP contribution in [0.4, 0.5) is 0 Å². The Morgan fingerprint density at radius 3 is 2.40 bits per heavy atom. The molecular weight excluding hydrogens is 624 g/mol. The van der Waals surface area contributed by atoms with Crippen molar-refractivity contribution in [3.8, 4) is 0 Å². The van der Waals surface area contributed by atoms with Crippen LogP contribution in [0.3, 0.4) is 0 Å². The highest BCUT2D eigenvalue weighted by atomic mass is 16.8. The zero-order chi connectivity index (χ0) is 34.2. The van der Waals surface area contributed by atoms with Crippen LogP contribution in [-0.2, 0) is 38.0 Å². The number of esters is 1. The molecule has 0 aromatic heterocycles. The number of fused-ring (bicyclic) bond motifs is 4. The fourth-order valence-electron chi connectivity index (χ4n) is 12.2. The molecular formula is C36H54O12. The van der Waals surface area contributed by atoms with Gasteiger partial charge in [-0.05, 0) is 90.6 Å². The molecule has 3 saturated heterocycles. The number of aliphatic hydroxyl groups is 4. The lowest BCUT2D eigenvalue weighted by molar-refractivity contribution is -0.345. The number of cyclic esters (lactones) is 1. The number of rotatable bonds is 3. The van der Waals surface area contributed by atoms with Gasteiger partial charge in [-0.1, -0.05) is 6.92 Å². The summed E-state index contributed by atoms with van der Waals surface area (Å²) in [6, 6.07) is 0. The molecule has 12 heteroatoms. The number of hydrogen-bond donors (Lipinski definition) is 4. The van der Waals surface area contributed by atoms with E-state index in [0.717, 1.165) is 5.57 Å². The summed E-state index contributed by atoms with van der Waals surface area (Å²) in [5.41, 5.74) is -3.09. The maximum atomic E-state index is 13.0. The standard InChI is InChI=1S/C36H54O12/c1-18-27(39)28-29(48-32(4,5)47-28)30(44-18)45-20-14-24-35(11-12-43-31(2,3)46-24)26-22(7-9-34(35,40)15-20)36(41)10-8-21(19-13-25(38)42-17-19)33(36,6)16-23(26)37/h13,18,20-24,26-30,37,39-41H,7-12,14-17H2,1-6H3/t18-,20-,21+,22?,23+,24+,26?,27-,28+,29+,30-,33+,34-,35+,36-/m0/s1. The number of hydrogen-bond acceptors (Lipinski definition) is 12. The van der Waals surface area contributed by atoms with E-state index in [0.29, 0.717) is 51.6 Å². The highest BCUT2D eigenvalue weighted by molar-refractivity contribution is 5.85. The smallest absolute Gasteiger partial charge is 0.331 e. The molecule has 4 saturated carbocycles. The molecule has 4 N–H and O–H groups in total. The summed E-state index contributed by atoms with van der Waals surface area (Å²) in [6.07, 6.45) is -0.189. The van der Waals surface area contributed by atoms with E-state index in [4.69, 9.17) is 33.2 Å². The molecule has 4 aliphatic heterocycles. The second-order valence-corrected chi connectivity index (χ2v) is 17.3. The van der Waals surface area contributed by atoms with Crippen LogP contribution in [-0.4, -0.2) is 111 Å². The van der Waals surface area contributed by atoms with Crippen LogP contribution >= 0.6 is 0 Å². The highest BCUT2D eigenvalue weighted by Gasteiger charge is 2.76. The summed E-state index contributed by atoms with van der Waals surface area (Å²) in [5.74, 6) is -3.05. The summed E-state index contributed by atoms with van der Waals surface area (Å²) >= 11 is 0. The molecule has 8 rings (SSSR count). The van der Waals surface area contributed by atoms with E-state index in [2.05, 4.69) is 6.92 Å². The Morgan fingerprint density at radius 2 is 1.67 bits per heavy atom. The lowest BCUT2D eigenvalue weighted by atomic mass is 9.39. The molecule has 15 atom stereocenters. The molecule has 4 aliphatic carbocycles. The topological polar surface area (TPSA) is 163 Å². The second-order valence-electron chi connectivity index (χ2n) is 17.3. The van der Waals surface area contributed by atoms with Gasteiger partial charge in [-0.3, -0.25) is 0 Å². The Bertz CT molecular complexity index is 1350. The summed E-state index contributed by atoms with van der Waals surface area (Å²) in [5, 5.41) is 49.1. The average Bonchev–Trinajstić information content (AvgIpc) is 3.60. The van der Waals surface area contributed by atoms with Gasteiger partial charge in [0.15, 0.2) is 17.9 Å². The van der Waals surface area contributed by atoms with Crippen LogP contribution in [0.1, 0.15) is 92.9 Å². The Kier molecular flexibility index (Phi) is 7.71. The van der Waals surface area contributed by atoms with Crippen molar-refractivity contribution in [3.63, 3.8) is 0 Å². The normalized spacial score (nSPS) is 55.3. The van der Waals surface area contributed by atoms with Crippen molar-refractivity contribution < 1.29 is 58.4 Å². The zero-order valence-corrected chi connectivity index (χ0v) is 29.1. The lowest BCUT2D eigenvalue weighted by Gasteiger charge is -2.69. The maximum absolute atomic E-state index is 13.0. The van der Waals surface area contributed by atoms with E-state index < -0.39 is 88.5 Å². The average molecular weight is 679 g/mol. The monoisotopic (exact) mass is 678 g/mol. The van der Waals surface area contributed by atoms with Crippen molar-refractivity contribution in [2.45, 2.75) is 165 Å². The van der Waals surface area contributed by atoms with E-state index in [-0.39, 0.29) is 30.8 Å². The molecule has 12 nitrogen and oxygen atoms in total. The summed E-state index contributed by atoms with van der Waals surface area (Å²) in [4.78, 5) is 12.0. The Morgan fingerprint density at radius 1 is 0.917 bits per heavy atom. The van der Waals surface area contributed by atoms with E-state index in [1.165, 1.54) is 0 Å². The predicted octanol–water partition coefficient (Wildman–Crippen LogP) is 2.47. The van der Waals surface area contributed by atoms with Crippen molar-refractivity contribution in [1.29, 1.82) is 0 Å². The van der Waals surface area contributed by atoms with Gasteiger partial charge >= 0.3 is 5.97 Å². The van der Waals surface area contributed by atoms with E-state index >= 15 is 0 Å². The minimum absolute atomic E-state index is 0.0811. The Labute approximate surface area is 282 Å². The van der Waals surface area contributed by atoms with Crippen LogP contribution in [0.25, 0.3) is 0 Å². The first-order valence-electron chi connectivity index (χ1n) is 18.1. The van der Waals surface area contributed by atoms with Crippen molar-refractivity contribution in [2.75, 3.05) is 13.2 Å². The first-order chi connectivity index (χ1) is 22.4. The van der Waals surface area contributed by atoms with Gasteiger partial charge in [0.05, 0.1) is 42.2 Å². The maximum Gasteiger partial charge on any atom is 0.331 e. The van der Waals surface area contributed by atoms with Crippen molar-refractivity contribution >= 4 is 5.97 Å². The third-order valence-electron chi connectivity index (χ3n) is 14.1. The van der Waals surface area contributed by atoms with Gasteiger partial charge in [-0.2, -0.15) is 0 Å². The fourth-order valence-corrected chi connectivity index (χ4v) is 12.2. The lowest BCUT2D eigenvalue weighted by Crippen LogP contribution is -2.75. The van der Waals surface area contributed by atoms with Gasteiger partial charge in [-0.25, -0.2) is 4.79 Å². The SMILES string of the molecule is C[C@@H]1O[C@@H](O[C@H]2C[C@H]3OC(C)(C)OCC[C@]34C3C(CC[C@]4(O)C2)[C@@]2(O)CC[C@H](C4=CC(=O)OC4)[C@@]2(C)C[C@H]3O)[C@@H]2OC(C)(C)O[C@@H]2[C@H]1O. The summed E-state index contributed by atoms with van der Waals surface area (Å²) < 4.78 is 43.5. The Balaban J connectivity index is 1.13. The van der Waals surface area contributed by atoms with Gasteiger partial charge in [0.25, 0.3) is 0 Å². The molecule has 48 heavy (non-hydrogen) atoms. The Hall–Kier alpha value is -1.19. The summed E-state index contributed by atoms with van der Waals surface area (Å²) in [6.45, 7) is 11.8. The minimum Gasteiger partial charge on any atom is -0.458 e. The van der Waals surface area contributed by atoms with E-state index in [1.54, 1.807) is 26.8 Å². The predicted molar refractivity (Wildman–Crippen MR) is 167 cm³/mol. The molecule has 7 fully saturated rings. The molecule has 0 aromatic carbocycles. The van der Waals surface area contributed by atoms with E-state index in [1.807, 2.05) is 13.8 Å². The van der Waals surface area contributed by atoms with Gasteiger partial charge in [0.2, 0.25) is 0 Å². The molecule has 1 spiro atoms. The molecule has 0 amide bonds. The number of aliphatic hydroxyl groups excluding tert-OH is 2. The molecule has 0 bridgehead atoms. The first kappa shape index (κ1) is 33.9. The minimum atomic E-state index is -1.30. The fraction of sp³-hybridized carbons (Fsp3) is 0.917. The molecule has 4 heterocycles. The van der Waals surface area contributed by atoms with Crippen LogP contribution in [0.15, 0.2) is 11.6 Å². The van der Waals surface area contributed by atoms with E-state index in [9.17, 15) is 25.2 Å². The quantitative estimate of drug-likeness (QED) is 0.255. The van der Waals surface area contributed by atoms with Crippen LogP contribution < -0.4 is 0 Å². The van der Waals surface area contributed by atoms with Gasteiger partial charge in [0.1, 0.15) is 24.9 Å². The molecule has 8 aliphatic rings. The van der Waals surface area contributed by atoms with Gasteiger partial charge in [0, 0.05) is 35.7 Å². The second kappa shape index (κ2) is 10.9. The number of carbonyl (C=O) groups excluding carboxylic acids is 1. The van der Waals surface area contributed by atoms with Crippen LogP contribution in [0.5, 0.6) is 0 Å². The van der Waals surface area contributed by atoms with Crippen molar-refractivity contribution in [3.05, 3.63) is 11.6 Å².